The lowest BCUT2D eigenvalue weighted by molar-refractivity contribution is 0.434. The van der Waals surface area contributed by atoms with Gasteiger partial charge in [0.05, 0.1) is 0 Å². The lowest BCUT2D eigenvalue weighted by atomic mass is 10.1. The molecule has 0 spiro atoms. The number of hydrogen-bond acceptors (Lipinski definition) is 4. The molecule has 0 fully saturated rings. The summed E-state index contributed by atoms with van der Waals surface area (Å²) < 4.78 is 4.99. The Morgan fingerprint density at radius 2 is 2.14 bits per heavy atom. The van der Waals surface area contributed by atoms with Gasteiger partial charge in [-0.2, -0.15) is 4.98 Å². The van der Waals surface area contributed by atoms with Crippen LogP contribution in [-0.2, 0) is 0 Å². The Bertz CT molecular complexity index is 524. The molecule has 0 aromatic carbocycles. The van der Waals surface area contributed by atoms with Gasteiger partial charge >= 0.3 is 0 Å². The summed E-state index contributed by atoms with van der Waals surface area (Å²) in [6, 6.07) is 0. The largest absolute Gasteiger partial charge is 0.335 e. The minimum Gasteiger partial charge on any atom is -0.335 e. The summed E-state index contributed by atoms with van der Waals surface area (Å²) in [5.41, 5.74) is 0.793. The van der Waals surface area contributed by atoms with E-state index < -0.39 is 0 Å². The van der Waals surface area contributed by atoms with Gasteiger partial charge in [0.2, 0.25) is 0 Å². The second kappa shape index (κ2) is 2.94. The van der Waals surface area contributed by atoms with E-state index >= 15 is 0 Å². The molecule has 0 aliphatic rings. The lowest BCUT2D eigenvalue weighted by Crippen LogP contribution is -2.10. The van der Waals surface area contributed by atoms with E-state index in [1.807, 2.05) is 13.8 Å². The van der Waals surface area contributed by atoms with Crippen LogP contribution in [0, 0.1) is 6.92 Å². The van der Waals surface area contributed by atoms with Crippen molar-refractivity contribution < 1.29 is 4.52 Å². The molecule has 14 heavy (non-hydrogen) atoms. The average Bonchev–Trinajstić information content (AvgIpc) is 2.47. The molecule has 0 aliphatic carbocycles. The van der Waals surface area contributed by atoms with Crippen molar-refractivity contribution in [1.82, 2.24) is 15.1 Å². The highest BCUT2D eigenvalue weighted by atomic mass is 16.5. The standard InChI is InChI=1S/C9H11N3O2/c1-4(2)7-6-8(13)10-5(3)11-9(6)14-12-7/h4H,1-3H3,(H,10,11,13). The van der Waals surface area contributed by atoms with Crippen LogP contribution >= 0.6 is 0 Å². The maximum Gasteiger partial charge on any atom is 0.265 e. The minimum atomic E-state index is -0.183. The number of fused-ring (bicyclic) bond motifs is 1. The highest BCUT2D eigenvalue weighted by molar-refractivity contribution is 5.74. The molecule has 74 valence electrons. The normalized spacial score (nSPS) is 11.4. The summed E-state index contributed by atoms with van der Waals surface area (Å²) in [6.45, 7) is 5.62. The van der Waals surface area contributed by atoms with Crippen LogP contribution in [0.2, 0.25) is 0 Å². The Hall–Kier alpha value is -1.65. The van der Waals surface area contributed by atoms with Crippen molar-refractivity contribution in [2.45, 2.75) is 26.7 Å². The number of nitrogens with one attached hydrogen (secondary N) is 1. The predicted octanol–water partition coefficient (Wildman–Crippen LogP) is 1.34. The van der Waals surface area contributed by atoms with E-state index in [1.165, 1.54) is 0 Å². The summed E-state index contributed by atoms with van der Waals surface area (Å²) >= 11 is 0. The fourth-order valence-electron chi connectivity index (χ4n) is 1.38. The van der Waals surface area contributed by atoms with Gasteiger partial charge in [-0.15, -0.1) is 0 Å². The first-order valence-corrected chi connectivity index (χ1v) is 4.46. The molecule has 5 heteroatoms. The van der Waals surface area contributed by atoms with Gasteiger partial charge in [-0.25, -0.2) is 0 Å². The summed E-state index contributed by atoms with van der Waals surface area (Å²) in [7, 11) is 0. The molecule has 2 heterocycles. The molecule has 0 radical (unpaired) electrons. The van der Waals surface area contributed by atoms with Gasteiger partial charge in [0.1, 0.15) is 16.9 Å². The van der Waals surface area contributed by atoms with Crippen molar-refractivity contribution in [3.05, 3.63) is 21.9 Å². The van der Waals surface area contributed by atoms with E-state index in [2.05, 4.69) is 15.1 Å². The number of nitrogens with zero attached hydrogens (tertiary/aromatic N) is 2. The summed E-state index contributed by atoms with van der Waals surface area (Å²) in [6.07, 6.45) is 0. The third-order valence-electron chi connectivity index (χ3n) is 2.04. The van der Waals surface area contributed by atoms with E-state index in [1.54, 1.807) is 6.92 Å². The molecule has 1 N–H and O–H groups in total. The molecular formula is C9H11N3O2. The number of rotatable bonds is 1. The fourth-order valence-corrected chi connectivity index (χ4v) is 1.38. The maximum atomic E-state index is 11.6. The third kappa shape index (κ3) is 1.21. The Labute approximate surface area is 80.1 Å². The van der Waals surface area contributed by atoms with Gasteiger partial charge in [0.25, 0.3) is 11.3 Å². The highest BCUT2D eigenvalue weighted by Gasteiger charge is 2.16. The second-order valence-corrected chi connectivity index (χ2v) is 3.55. The van der Waals surface area contributed by atoms with Crippen LogP contribution in [0.15, 0.2) is 9.32 Å². The number of H-pyrrole nitrogens is 1. The zero-order valence-electron chi connectivity index (χ0n) is 8.29. The van der Waals surface area contributed by atoms with Crippen LogP contribution in [0.5, 0.6) is 0 Å². The Morgan fingerprint density at radius 3 is 2.79 bits per heavy atom. The van der Waals surface area contributed by atoms with Crippen LogP contribution in [0.25, 0.3) is 11.1 Å². The van der Waals surface area contributed by atoms with Crippen LogP contribution in [0.3, 0.4) is 0 Å². The van der Waals surface area contributed by atoms with Gasteiger partial charge < -0.3 is 9.51 Å². The average molecular weight is 193 g/mol. The molecule has 5 nitrogen and oxygen atoms in total. The molecule has 0 saturated carbocycles. The Kier molecular flexibility index (Phi) is 1.87. The topological polar surface area (TPSA) is 71.8 Å². The number of aromatic nitrogens is 3. The van der Waals surface area contributed by atoms with E-state index in [4.69, 9.17) is 4.52 Å². The first kappa shape index (κ1) is 8.93. The first-order chi connectivity index (χ1) is 6.59. The molecule has 2 aromatic rings. The van der Waals surface area contributed by atoms with E-state index in [-0.39, 0.29) is 11.5 Å². The van der Waals surface area contributed by atoms with Crippen molar-refractivity contribution in [1.29, 1.82) is 0 Å². The lowest BCUT2D eigenvalue weighted by Gasteiger charge is -1.97. The third-order valence-corrected chi connectivity index (χ3v) is 2.04. The van der Waals surface area contributed by atoms with Crippen LogP contribution in [-0.4, -0.2) is 15.1 Å². The fraction of sp³-hybridized carbons (Fsp3) is 0.444. The molecule has 2 aromatic heterocycles. The summed E-state index contributed by atoms with van der Waals surface area (Å²) in [4.78, 5) is 18.3. The summed E-state index contributed by atoms with van der Waals surface area (Å²) in [5, 5.41) is 4.30. The zero-order valence-corrected chi connectivity index (χ0v) is 8.29. The number of aryl methyl sites for hydroxylation is 1. The number of hydrogen-bond donors (Lipinski definition) is 1. The van der Waals surface area contributed by atoms with Crippen molar-refractivity contribution in [2.24, 2.45) is 0 Å². The van der Waals surface area contributed by atoms with Crippen molar-refractivity contribution in [2.75, 3.05) is 0 Å². The minimum absolute atomic E-state index is 0.154. The quantitative estimate of drug-likeness (QED) is 0.741. The van der Waals surface area contributed by atoms with Crippen molar-refractivity contribution in [3.63, 3.8) is 0 Å². The Balaban J connectivity index is 2.86. The van der Waals surface area contributed by atoms with Gasteiger partial charge in [0, 0.05) is 0 Å². The maximum absolute atomic E-state index is 11.6. The van der Waals surface area contributed by atoms with Gasteiger partial charge in [-0.1, -0.05) is 19.0 Å². The van der Waals surface area contributed by atoms with Crippen LogP contribution in [0.4, 0.5) is 0 Å². The molecule has 0 unspecified atom stereocenters. The van der Waals surface area contributed by atoms with E-state index in [9.17, 15) is 4.79 Å². The molecule has 2 rings (SSSR count). The van der Waals surface area contributed by atoms with Crippen LogP contribution < -0.4 is 5.56 Å². The van der Waals surface area contributed by atoms with Gasteiger partial charge in [0.15, 0.2) is 0 Å². The molecule has 0 aliphatic heterocycles. The number of aromatic amines is 1. The molecule has 0 amide bonds. The van der Waals surface area contributed by atoms with E-state index in [0.717, 1.165) is 0 Å². The second-order valence-electron chi connectivity index (χ2n) is 3.55. The molecule has 0 bridgehead atoms. The molecule has 0 atom stereocenters. The SMILES string of the molecule is Cc1nc2onc(C(C)C)c2c(=O)[nH]1. The first-order valence-electron chi connectivity index (χ1n) is 4.46. The predicted molar refractivity (Wildman–Crippen MR) is 51.3 cm³/mol. The Morgan fingerprint density at radius 1 is 1.43 bits per heavy atom. The highest BCUT2D eigenvalue weighted by Crippen LogP contribution is 2.19. The monoisotopic (exact) mass is 193 g/mol. The van der Waals surface area contributed by atoms with E-state index in [0.29, 0.717) is 22.6 Å². The molecule has 0 saturated heterocycles. The van der Waals surface area contributed by atoms with Gasteiger partial charge in [-0.05, 0) is 12.8 Å². The van der Waals surface area contributed by atoms with Crippen molar-refractivity contribution >= 4 is 11.1 Å². The molecular weight excluding hydrogens is 182 g/mol. The van der Waals surface area contributed by atoms with Gasteiger partial charge in [-0.3, -0.25) is 4.79 Å². The van der Waals surface area contributed by atoms with Crippen LogP contribution in [0.1, 0.15) is 31.3 Å². The smallest absolute Gasteiger partial charge is 0.265 e. The van der Waals surface area contributed by atoms with Crippen molar-refractivity contribution in [3.8, 4) is 0 Å². The zero-order chi connectivity index (χ0) is 10.3. The summed E-state index contributed by atoms with van der Waals surface area (Å²) in [5.74, 6) is 0.691.